The van der Waals surface area contributed by atoms with Crippen LogP contribution >= 0.6 is 0 Å². The van der Waals surface area contributed by atoms with Crippen molar-refractivity contribution in [2.24, 2.45) is 23.5 Å². The highest BCUT2D eigenvalue weighted by Gasteiger charge is 2.55. The molecule has 3 unspecified atom stereocenters. The van der Waals surface area contributed by atoms with Crippen LogP contribution in [0.2, 0.25) is 0 Å². The van der Waals surface area contributed by atoms with E-state index in [1.54, 1.807) is 0 Å². The van der Waals surface area contributed by atoms with Crippen molar-refractivity contribution < 1.29 is 5.11 Å². The van der Waals surface area contributed by atoms with Gasteiger partial charge in [0.05, 0.1) is 6.17 Å². The van der Waals surface area contributed by atoms with Gasteiger partial charge in [0.15, 0.2) is 0 Å². The number of nitrogens with zero attached hydrogens (tertiary/aromatic N) is 1. The SMILES string of the molecule is CC(N)N1CC2C(CO)C2C1. The molecule has 2 fully saturated rings. The summed E-state index contributed by atoms with van der Waals surface area (Å²) in [7, 11) is 0. The third-order valence-electron chi connectivity index (χ3n) is 3.19. The molecule has 0 aromatic rings. The number of aliphatic hydroxyl groups excluding tert-OH is 1. The Bertz CT molecular complexity index is 148. The van der Waals surface area contributed by atoms with Crippen molar-refractivity contribution in [3.05, 3.63) is 0 Å². The molecule has 1 saturated heterocycles. The molecule has 3 heteroatoms. The van der Waals surface area contributed by atoms with E-state index in [1.807, 2.05) is 6.92 Å². The van der Waals surface area contributed by atoms with E-state index in [1.165, 1.54) is 0 Å². The van der Waals surface area contributed by atoms with Crippen molar-refractivity contribution in [1.29, 1.82) is 0 Å². The molecule has 0 aromatic carbocycles. The molecule has 3 atom stereocenters. The van der Waals surface area contributed by atoms with E-state index < -0.39 is 0 Å². The first-order valence-corrected chi connectivity index (χ1v) is 4.34. The molecule has 2 aliphatic rings. The molecule has 3 nitrogen and oxygen atoms in total. The molecular formula is C8H16N2O. The quantitative estimate of drug-likeness (QED) is 0.564. The lowest BCUT2D eigenvalue weighted by Crippen LogP contribution is -2.39. The molecule has 0 bridgehead atoms. The van der Waals surface area contributed by atoms with Gasteiger partial charge in [0.1, 0.15) is 0 Å². The highest BCUT2D eigenvalue weighted by atomic mass is 16.3. The average Bonchev–Trinajstić information content (AvgIpc) is 2.41. The molecular weight excluding hydrogens is 140 g/mol. The van der Waals surface area contributed by atoms with Gasteiger partial charge in [-0.05, 0) is 24.7 Å². The summed E-state index contributed by atoms with van der Waals surface area (Å²) in [5, 5.41) is 8.89. The Morgan fingerprint density at radius 2 is 2.09 bits per heavy atom. The van der Waals surface area contributed by atoms with E-state index in [0.29, 0.717) is 12.5 Å². The minimum Gasteiger partial charge on any atom is -0.396 e. The molecule has 1 aliphatic carbocycles. The Morgan fingerprint density at radius 3 is 2.45 bits per heavy atom. The number of piperidine rings is 1. The standard InChI is InChI=1S/C8H16N2O/c1-5(9)10-2-6-7(3-10)8(6)4-11/h5-8,11H,2-4,9H2,1H3. The lowest BCUT2D eigenvalue weighted by molar-refractivity contribution is 0.192. The van der Waals surface area contributed by atoms with E-state index in [0.717, 1.165) is 24.9 Å². The predicted molar refractivity (Wildman–Crippen MR) is 42.8 cm³/mol. The van der Waals surface area contributed by atoms with E-state index >= 15 is 0 Å². The van der Waals surface area contributed by atoms with Crippen LogP contribution in [0.5, 0.6) is 0 Å². The molecule has 11 heavy (non-hydrogen) atoms. The Labute approximate surface area is 67.2 Å². The predicted octanol–water partition coefficient (Wildman–Crippen LogP) is -0.539. The lowest BCUT2D eigenvalue weighted by atomic mass is 10.3. The van der Waals surface area contributed by atoms with E-state index in [2.05, 4.69) is 4.90 Å². The minimum atomic E-state index is 0.196. The summed E-state index contributed by atoms with van der Waals surface area (Å²) in [5.74, 6) is 2.11. The first kappa shape index (κ1) is 7.53. The van der Waals surface area contributed by atoms with Gasteiger partial charge in [-0.15, -0.1) is 0 Å². The van der Waals surface area contributed by atoms with Crippen LogP contribution in [0.25, 0.3) is 0 Å². The third-order valence-corrected chi connectivity index (χ3v) is 3.19. The van der Waals surface area contributed by atoms with Crippen molar-refractivity contribution in [2.75, 3.05) is 19.7 Å². The van der Waals surface area contributed by atoms with Gasteiger partial charge < -0.3 is 10.8 Å². The molecule has 0 amide bonds. The average molecular weight is 156 g/mol. The van der Waals surface area contributed by atoms with Crippen molar-refractivity contribution in [3.63, 3.8) is 0 Å². The fourth-order valence-electron chi connectivity index (χ4n) is 2.29. The largest absolute Gasteiger partial charge is 0.396 e. The van der Waals surface area contributed by atoms with Gasteiger partial charge in [-0.3, -0.25) is 4.90 Å². The van der Waals surface area contributed by atoms with Crippen LogP contribution in [0.4, 0.5) is 0 Å². The van der Waals surface area contributed by atoms with Gasteiger partial charge in [-0.2, -0.15) is 0 Å². The molecule has 1 aliphatic heterocycles. The second kappa shape index (κ2) is 2.44. The third kappa shape index (κ3) is 1.08. The Hall–Kier alpha value is -0.120. The van der Waals surface area contributed by atoms with Gasteiger partial charge in [0, 0.05) is 19.7 Å². The first-order chi connectivity index (χ1) is 5.24. The number of hydrogen-bond donors (Lipinski definition) is 2. The monoisotopic (exact) mass is 156 g/mol. The molecule has 0 spiro atoms. The van der Waals surface area contributed by atoms with Gasteiger partial charge in [-0.25, -0.2) is 0 Å². The highest BCUT2D eigenvalue weighted by Crippen LogP contribution is 2.51. The van der Waals surface area contributed by atoms with Crippen LogP contribution < -0.4 is 5.73 Å². The second-order valence-corrected chi connectivity index (χ2v) is 3.87. The molecule has 0 radical (unpaired) electrons. The number of likely N-dealkylation sites (tertiary alicyclic amines) is 1. The molecule has 64 valence electrons. The minimum absolute atomic E-state index is 0.196. The van der Waals surface area contributed by atoms with Crippen molar-refractivity contribution in [2.45, 2.75) is 13.1 Å². The smallest absolute Gasteiger partial charge is 0.0542 e. The fraction of sp³-hybridized carbons (Fsp3) is 1.00. The maximum Gasteiger partial charge on any atom is 0.0542 e. The summed E-state index contributed by atoms with van der Waals surface area (Å²) in [6, 6.07) is 0. The van der Waals surface area contributed by atoms with Crippen molar-refractivity contribution in [1.82, 2.24) is 4.90 Å². The summed E-state index contributed by atoms with van der Waals surface area (Å²) in [4.78, 5) is 2.29. The highest BCUT2D eigenvalue weighted by molar-refractivity contribution is 5.05. The molecule has 2 rings (SSSR count). The number of hydrogen-bond acceptors (Lipinski definition) is 3. The zero-order chi connectivity index (χ0) is 8.01. The van der Waals surface area contributed by atoms with Gasteiger partial charge >= 0.3 is 0 Å². The normalized spacial score (nSPS) is 45.5. The second-order valence-electron chi connectivity index (χ2n) is 3.87. The van der Waals surface area contributed by atoms with E-state index in [4.69, 9.17) is 10.8 Å². The molecule has 0 aromatic heterocycles. The number of fused-ring (bicyclic) bond motifs is 1. The van der Waals surface area contributed by atoms with Gasteiger partial charge in [0.25, 0.3) is 0 Å². The van der Waals surface area contributed by atoms with Crippen molar-refractivity contribution in [3.8, 4) is 0 Å². The van der Waals surface area contributed by atoms with E-state index in [9.17, 15) is 0 Å². The van der Waals surface area contributed by atoms with Crippen LogP contribution in [-0.4, -0.2) is 35.9 Å². The zero-order valence-electron chi connectivity index (χ0n) is 6.90. The summed E-state index contributed by atoms with van der Waals surface area (Å²) in [6.45, 7) is 4.61. The zero-order valence-corrected chi connectivity index (χ0v) is 6.90. The first-order valence-electron chi connectivity index (χ1n) is 4.34. The van der Waals surface area contributed by atoms with Crippen LogP contribution in [0.3, 0.4) is 0 Å². The van der Waals surface area contributed by atoms with Gasteiger partial charge in [0.2, 0.25) is 0 Å². The van der Waals surface area contributed by atoms with Crippen molar-refractivity contribution >= 4 is 0 Å². The summed E-state index contributed by atoms with van der Waals surface area (Å²) in [6.07, 6.45) is 0.196. The number of nitrogens with two attached hydrogens (primary N) is 1. The topological polar surface area (TPSA) is 49.5 Å². The van der Waals surface area contributed by atoms with E-state index in [-0.39, 0.29) is 6.17 Å². The Balaban J connectivity index is 1.85. The van der Waals surface area contributed by atoms with Gasteiger partial charge in [-0.1, -0.05) is 0 Å². The maximum atomic E-state index is 8.89. The molecule has 3 N–H and O–H groups in total. The molecule has 1 saturated carbocycles. The fourth-order valence-corrected chi connectivity index (χ4v) is 2.29. The van der Waals surface area contributed by atoms with Crippen LogP contribution in [0, 0.1) is 17.8 Å². The number of rotatable bonds is 2. The summed E-state index contributed by atoms with van der Waals surface area (Å²) >= 11 is 0. The Kier molecular flexibility index (Phi) is 1.67. The summed E-state index contributed by atoms with van der Waals surface area (Å²) in [5.41, 5.74) is 5.73. The number of aliphatic hydroxyl groups is 1. The van der Waals surface area contributed by atoms with Crippen LogP contribution in [0.15, 0.2) is 0 Å². The molecule has 1 heterocycles. The lowest BCUT2D eigenvalue weighted by Gasteiger charge is -2.22. The van der Waals surface area contributed by atoms with Crippen LogP contribution in [-0.2, 0) is 0 Å². The maximum absolute atomic E-state index is 8.89. The van der Waals surface area contributed by atoms with Crippen LogP contribution in [0.1, 0.15) is 6.92 Å². The Morgan fingerprint density at radius 1 is 1.55 bits per heavy atom. The summed E-state index contributed by atoms with van der Waals surface area (Å²) < 4.78 is 0.